The summed E-state index contributed by atoms with van der Waals surface area (Å²) in [5, 5.41) is 0. The van der Waals surface area contributed by atoms with Gasteiger partial charge in [-0.3, -0.25) is 14.2 Å². The Labute approximate surface area is 312 Å². The van der Waals surface area contributed by atoms with Crippen LogP contribution >= 0.6 is 7.82 Å². The third-order valence-corrected chi connectivity index (χ3v) is 9.08. The predicted molar refractivity (Wildman–Crippen MR) is 208 cm³/mol. The Morgan fingerprint density at radius 1 is 0.627 bits per heavy atom. The lowest BCUT2D eigenvalue weighted by Gasteiger charge is -2.28. The van der Waals surface area contributed by atoms with E-state index in [4.69, 9.17) is 18.5 Å². The zero-order valence-electron chi connectivity index (χ0n) is 33.0. The predicted octanol–water partition coefficient (Wildman–Crippen LogP) is 10.1. The van der Waals surface area contributed by atoms with E-state index in [1.807, 2.05) is 21.1 Å². The van der Waals surface area contributed by atoms with Crippen LogP contribution in [0.15, 0.2) is 48.6 Å². The zero-order chi connectivity index (χ0) is 37.9. The number of allylic oxidation sites excluding steroid dienone is 8. The van der Waals surface area contributed by atoms with E-state index < -0.39 is 32.5 Å². The van der Waals surface area contributed by atoms with Gasteiger partial charge >= 0.3 is 11.9 Å². The lowest BCUT2D eigenvalue weighted by atomic mass is 10.1. The third-order valence-electron chi connectivity index (χ3n) is 8.11. The van der Waals surface area contributed by atoms with Crippen molar-refractivity contribution in [3.63, 3.8) is 0 Å². The summed E-state index contributed by atoms with van der Waals surface area (Å²) in [6.07, 6.45) is 37.4. The average molecular weight is 740 g/mol. The molecule has 2 unspecified atom stereocenters. The summed E-state index contributed by atoms with van der Waals surface area (Å²) in [7, 11) is 1.15. The fraction of sp³-hybridized carbons (Fsp3) is 0.756. The van der Waals surface area contributed by atoms with Crippen molar-refractivity contribution in [1.82, 2.24) is 0 Å². The summed E-state index contributed by atoms with van der Waals surface area (Å²) >= 11 is 0. The summed E-state index contributed by atoms with van der Waals surface area (Å²) in [5.74, 6) is -0.858. The van der Waals surface area contributed by atoms with Gasteiger partial charge in [0.2, 0.25) is 0 Å². The second kappa shape index (κ2) is 33.8. The minimum Gasteiger partial charge on any atom is -0.756 e. The van der Waals surface area contributed by atoms with Gasteiger partial charge in [-0.2, -0.15) is 0 Å². The highest BCUT2D eigenvalue weighted by Gasteiger charge is 2.21. The maximum absolute atomic E-state index is 12.6. The Kier molecular flexibility index (Phi) is 32.4. The smallest absolute Gasteiger partial charge is 0.306 e. The van der Waals surface area contributed by atoms with Crippen LogP contribution in [0.1, 0.15) is 149 Å². The molecule has 0 saturated heterocycles. The minimum absolute atomic E-state index is 0.0337. The molecule has 0 aliphatic heterocycles. The number of unbranched alkanes of at least 4 members (excludes halogenated alkanes) is 13. The van der Waals surface area contributed by atoms with Crippen molar-refractivity contribution in [3.8, 4) is 0 Å². The normalized spacial score (nSPS) is 14.2. The van der Waals surface area contributed by atoms with Gasteiger partial charge in [0.15, 0.2) is 6.10 Å². The highest BCUT2D eigenvalue weighted by molar-refractivity contribution is 7.45. The second-order valence-electron chi connectivity index (χ2n) is 14.3. The van der Waals surface area contributed by atoms with Crippen LogP contribution in [-0.2, 0) is 32.7 Å². The second-order valence-corrected chi connectivity index (χ2v) is 15.7. The fourth-order valence-corrected chi connectivity index (χ4v) is 5.73. The Morgan fingerprint density at radius 3 is 1.67 bits per heavy atom. The molecule has 0 heterocycles. The number of carbonyl (C=O) groups is 2. The van der Waals surface area contributed by atoms with Crippen LogP contribution in [0.25, 0.3) is 0 Å². The molecule has 0 amide bonds. The number of likely N-dealkylation sites (N-methyl/N-ethyl adjacent to an activating group) is 1. The first-order valence-electron chi connectivity index (χ1n) is 19.8. The number of hydrogen-bond donors (Lipinski definition) is 0. The topological polar surface area (TPSA) is 111 Å². The van der Waals surface area contributed by atoms with Gasteiger partial charge in [-0.25, -0.2) is 0 Å². The summed E-state index contributed by atoms with van der Waals surface area (Å²) in [5.41, 5.74) is 0. The average Bonchev–Trinajstić information content (AvgIpc) is 3.07. The van der Waals surface area contributed by atoms with E-state index in [-0.39, 0.29) is 26.1 Å². The number of esters is 2. The van der Waals surface area contributed by atoms with Gasteiger partial charge in [-0.1, -0.05) is 133 Å². The number of hydrogen-bond acceptors (Lipinski definition) is 8. The van der Waals surface area contributed by atoms with Gasteiger partial charge in [0.25, 0.3) is 7.82 Å². The monoisotopic (exact) mass is 740 g/mol. The standard InChI is InChI=1S/C41H74NO8P/c1-6-8-10-12-14-15-16-17-18-19-20-21-22-23-24-25-26-27-28-30-32-34-41(44)50-39(37-47-40(43)33-31-29-13-11-9-7-2)38-49-51(45,46)48-36-35-42(3,4)5/h8,10,14-15,17-18,20-21,39H,6-7,9,11-13,16,19,22-38H2,1-5H3/b10-8-,15-14-,18-17-,21-20-. The van der Waals surface area contributed by atoms with Crippen LogP contribution in [0, 0.1) is 0 Å². The van der Waals surface area contributed by atoms with E-state index in [0.717, 1.165) is 83.5 Å². The van der Waals surface area contributed by atoms with Crippen LogP contribution < -0.4 is 4.89 Å². The fourth-order valence-electron chi connectivity index (χ4n) is 5.00. The van der Waals surface area contributed by atoms with Gasteiger partial charge < -0.3 is 27.9 Å². The first kappa shape index (κ1) is 49.0. The van der Waals surface area contributed by atoms with Gasteiger partial charge in [0.1, 0.15) is 19.8 Å². The highest BCUT2D eigenvalue weighted by atomic mass is 31.2. The van der Waals surface area contributed by atoms with Crippen molar-refractivity contribution < 1.29 is 42.1 Å². The summed E-state index contributed by atoms with van der Waals surface area (Å²) in [4.78, 5) is 37.2. The quantitative estimate of drug-likeness (QED) is 0.0208. The molecule has 0 rings (SSSR count). The minimum atomic E-state index is -4.61. The molecule has 0 N–H and O–H groups in total. The van der Waals surface area contributed by atoms with Crippen molar-refractivity contribution in [2.45, 2.75) is 155 Å². The molecule has 2 atom stereocenters. The molecule has 0 aromatic carbocycles. The van der Waals surface area contributed by atoms with Crippen LogP contribution in [0.3, 0.4) is 0 Å². The molecule has 0 aromatic heterocycles. The first-order chi connectivity index (χ1) is 24.5. The van der Waals surface area contributed by atoms with E-state index in [0.29, 0.717) is 17.4 Å². The lowest BCUT2D eigenvalue weighted by molar-refractivity contribution is -0.870. The summed E-state index contributed by atoms with van der Waals surface area (Å²) in [6, 6.07) is 0. The van der Waals surface area contributed by atoms with Crippen LogP contribution in [-0.4, -0.2) is 70.0 Å². The number of nitrogens with zero attached hydrogens (tertiary/aromatic N) is 1. The molecular formula is C41H74NO8P. The molecule has 0 radical (unpaired) electrons. The van der Waals surface area contributed by atoms with E-state index >= 15 is 0 Å². The summed E-state index contributed by atoms with van der Waals surface area (Å²) in [6.45, 7) is 4.01. The van der Waals surface area contributed by atoms with Crippen LogP contribution in [0.4, 0.5) is 0 Å². The Morgan fingerprint density at radius 2 is 1.12 bits per heavy atom. The molecule has 0 aliphatic carbocycles. The van der Waals surface area contributed by atoms with Gasteiger partial charge in [0, 0.05) is 12.8 Å². The third kappa shape index (κ3) is 37.5. The van der Waals surface area contributed by atoms with Crippen molar-refractivity contribution >= 4 is 19.8 Å². The molecule has 0 saturated carbocycles. The molecule has 51 heavy (non-hydrogen) atoms. The SMILES string of the molecule is CC/C=C\C/C=C\C/C=C\C/C=C\CCCCCCCCCCC(=O)OC(COC(=O)CCCCCCCC)COP(=O)([O-])OCC[N+](C)(C)C. The number of ether oxygens (including phenoxy) is 2. The Balaban J connectivity index is 4.27. The van der Waals surface area contributed by atoms with E-state index in [9.17, 15) is 19.0 Å². The van der Waals surface area contributed by atoms with Crippen molar-refractivity contribution in [1.29, 1.82) is 0 Å². The number of carbonyl (C=O) groups excluding carboxylic acids is 2. The van der Waals surface area contributed by atoms with Crippen LogP contribution in [0.5, 0.6) is 0 Å². The molecule has 10 heteroatoms. The zero-order valence-corrected chi connectivity index (χ0v) is 33.9. The molecule has 9 nitrogen and oxygen atoms in total. The molecule has 296 valence electrons. The Bertz CT molecular complexity index is 1020. The van der Waals surface area contributed by atoms with E-state index in [2.05, 4.69) is 62.5 Å². The van der Waals surface area contributed by atoms with Crippen molar-refractivity contribution in [2.75, 3.05) is 47.5 Å². The molecule has 0 fully saturated rings. The summed E-state index contributed by atoms with van der Waals surface area (Å²) < 4.78 is 33.6. The van der Waals surface area contributed by atoms with Crippen LogP contribution in [0.2, 0.25) is 0 Å². The highest BCUT2D eigenvalue weighted by Crippen LogP contribution is 2.38. The lowest BCUT2D eigenvalue weighted by Crippen LogP contribution is -2.37. The maximum Gasteiger partial charge on any atom is 0.306 e. The van der Waals surface area contributed by atoms with Crippen molar-refractivity contribution in [3.05, 3.63) is 48.6 Å². The number of phosphoric acid groups is 1. The number of quaternary nitrogens is 1. The largest absolute Gasteiger partial charge is 0.756 e. The number of phosphoric ester groups is 1. The van der Waals surface area contributed by atoms with E-state index in [1.54, 1.807) is 0 Å². The molecule has 0 aliphatic rings. The van der Waals surface area contributed by atoms with Gasteiger partial charge in [-0.05, 0) is 51.4 Å². The van der Waals surface area contributed by atoms with E-state index in [1.165, 1.54) is 32.1 Å². The molecule has 0 aromatic rings. The van der Waals surface area contributed by atoms with Crippen molar-refractivity contribution in [2.24, 2.45) is 0 Å². The van der Waals surface area contributed by atoms with Gasteiger partial charge in [0.05, 0.1) is 27.7 Å². The molecule has 0 bridgehead atoms. The maximum atomic E-state index is 12.6. The number of rotatable bonds is 35. The Hall–Kier alpha value is -2.03. The molecular weight excluding hydrogens is 665 g/mol. The molecule has 0 spiro atoms. The first-order valence-corrected chi connectivity index (χ1v) is 21.3. The van der Waals surface area contributed by atoms with Gasteiger partial charge in [-0.15, -0.1) is 0 Å².